The van der Waals surface area contributed by atoms with Crippen LogP contribution in [0.15, 0.2) is 92.8 Å². The molecule has 1 spiro atoms. The summed E-state index contributed by atoms with van der Waals surface area (Å²) in [4.78, 5) is 22.1. The van der Waals surface area contributed by atoms with Crippen LogP contribution in [0.3, 0.4) is 0 Å². The Hall–Kier alpha value is -5.76. The van der Waals surface area contributed by atoms with Crippen molar-refractivity contribution in [1.82, 2.24) is 9.13 Å². The van der Waals surface area contributed by atoms with Gasteiger partial charge in [-0.1, -0.05) is 66.5 Å². The van der Waals surface area contributed by atoms with E-state index in [1.165, 1.54) is 22.3 Å². The Morgan fingerprint density at radius 1 is 0.467 bits per heavy atom. The molecule has 0 radical (unpaired) electrons. The highest BCUT2D eigenvalue weighted by atomic mass is 15.7. The molecule has 0 N–H and O–H groups in total. The van der Waals surface area contributed by atoms with Gasteiger partial charge in [-0.2, -0.15) is 9.13 Å². The summed E-state index contributed by atoms with van der Waals surface area (Å²) in [6.45, 7) is 8.59. The fourth-order valence-corrected chi connectivity index (χ4v) is 8.54. The molecule has 2 aromatic heterocycles. The molecule has 45 heavy (non-hydrogen) atoms. The van der Waals surface area contributed by atoms with Crippen molar-refractivity contribution in [2.24, 2.45) is 20.0 Å². The average molecular weight is 581 g/mol. The van der Waals surface area contributed by atoms with Crippen LogP contribution in [0.5, 0.6) is 0 Å². The van der Waals surface area contributed by atoms with E-state index in [0.717, 1.165) is 89.8 Å². The third-order valence-corrected chi connectivity index (χ3v) is 10.4. The van der Waals surface area contributed by atoms with Crippen LogP contribution in [0.4, 0.5) is 11.6 Å². The van der Waals surface area contributed by atoms with E-state index in [1.807, 2.05) is 0 Å². The minimum Gasteiger partial charge on any atom is -0.192 e. The highest BCUT2D eigenvalue weighted by molar-refractivity contribution is 6.20. The Morgan fingerprint density at radius 2 is 1.00 bits per heavy atom. The number of hydrogen-bond acceptors (Lipinski definition) is 4. The molecule has 6 aromatic rings. The van der Waals surface area contributed by atoms with Crippen molar-refractivity contribution < 1.29 is 9.15 Å². The zero-order chi connectivity index (χ0) is 29.7. The molecular formula is C37H24N8+2. The maximum Gasteiger partial charge on any atom is 0.404 e. The Kier molecular flexibility index (Phi) is 3.44. The van der Waals surface area contributed by atoms with Gasteiger partial charge < -0.3 is 0 Å². The van der Waals surface area contributed by atoms with Crippen molar-refractivity contribution in [3.8, 4) is 0 Å². The molecular weight excluding hydrogens is 556 g/mol. The van der Waals surface area contributed by atoms with Gasteiger partial charge in [0.05, 0.1) is 22.3 Å². The lowest BCUT2D eigenvalue weighted by Gasteiger charge is -2.40. The first-order valence-electron chi connectivity index (χ1n) is 15.4. The largest absolute Gasteiger partial charge is 0.404 e. The Balaban J connectivity index is 1.42. The lowest BCUT2D eigenvalue weighted by Crippen LogP contribution is -2.71. The van der Waals surface area contributed by atoms with Crippen LogP contribution in [0.2, 0.25) is 0 Å². The zero-order valence-electron chi connectivity index (χ0n) is 25.0. The quantitative estimate of drug-likeness (QED) is 0.229. The molecule has 0 fully saturated rings. The topological polar surface area (TPSA) is 65.3 Å². The standard InChI is InChI=1S/C37H24N8/c1-17-5-9-21-25(13-17)33-38-30-22-10-6-18(2)14-26(22)35-40-32-24-12-8-20(4)16-28(24)36-41-31-23-11-7-19(3)15-27(23)34-39-29(21)42(33)37(43(30)35,44(31)34)45(32)36/h5-16H,1-4H3/q+2. The summed E-state index contributed by atoms with van der Waals surface area (Å²) in [7, 11) is 0. The first-order chi connectivity index (χ1) is 21.9. The molecule has 0 amide bonds. The first kappa shape index (κ1) is 22.7. The van der Waals surface area contributed by atoms with Crippen LogP contribution in [0.25, 0.3) is 21.5 Å². The molecule has 1 unspecified atom stereocenters. The molecule has 12 rings (SSSR count). The second-order valence-corrected chi connectivity index (χ2v) is 13.2. The SMILES string of the molecule is Cc1ccc2c(c1)C1=Nc3c4ccc(C)cc4c4n3C35n6c(c7ccc(C)cc7c6=NC2=[N+]13)=NC1=[N+]5C(=N4)c2ccc(C)cc21. The van der Waals surface area contributed by atoms with Crippen LogP contribution in [-0.4, -0.2) is 41.6 Å². The predicted octanol–water partition coefficient (Wildman–Crippen LogP) is 4.94. The van der Waals surface area contributed by atoms with Gasteiger partial charge in [0, 0.05) is 21.5 Å². The Bertz CT molecular complexity index is 2850. The molecule has 6 aliphatic heterocycles. The number of fused-ring (bicyclic) bond motifs is 12. The zero-order valence-corrected chi connectivity index (χ0v) is 25.0. The fourth-order valence-electron chi connectivity index (χ4n) is 8.54. The minimum absolute atomic E-state index is 0.906. The summed E-state index contributed by atoms with van der Waals surface area (Å²) in [5.41, 5.74) is 11.0. The number of aliphatic imine (C=N–C) groups is 2. The number of rotatable bonds is 0. The smallest absolute Gasteiger partial charge is 0.192 e. The van der Waals surface area contributed by atoms with E-state index in [1.54, 1.807) is 0 Å². The number of aryl methyl sites for hydroxylation is 4. The van der Waals surface area contributed by atoms with Crippen molar-refractivity contribution >= 4 is 56.5 Å². The van der Waals surface area contributed by atoms with Gasteiger partial charge in [0.2, 0.25) is 22.6 Å². The predicted molar refractivity (Wildman–Crippen MR) is 173 cm³/mol. The minimum atomic E-state index is -0.947. The second-order valence-electron chi connectivity index (χ2n) is 13.2. The molecule has 0 aliphatic carbocycles. The van der Waals surface area contributed by atoms with Crippen LogP contribution in [0.1, 0.15) is 44.5 Å². The maximum absolute atomic E-state index is 5.52. The molecule has 8 nitrogen and oxygen atoms in total. The van der Waals surface area contributed by atoms with E-state index in [-0.39, 0.29) is 0 Å². The summed E-state index contributed by atoms with van der Waals surface area (Å²) in [6, 6.07) is 26.6. The lowest BCUT2D eigenvalue weighted by molar-refractivity contribution is -0.790. The average Bonchev–Trinajstić information content (AvgIpc) is 3.72. The van der Waals surface area contributed by atoms with Gasteiger partial charge in [0.1, 0.15) is 0 Å². The van der Waals surface area contributed by atoms with Gasteiger partial charge in [0.25, 0.3) is 23.3 Å². The number of aromatic nitrogens is 2. The summed E-state index contributed by atoms with van der Waals surface area (Å²) >= 11 is 0. The summed E-state index contributed by atoms with van der Waals surface area (Å²) in [5, 5.41) is 4.39. The van der Waals surface area contributed by atoms with Gasteiger partial charge in [-0.15, -0.1) is 9.15 Å². The van der Waals surface area contributed by atoms with Gasteiger partial charge in [-0.05, 0) is 76.2 Å². The Labute approximate surface area is 256 Å². The van der Waals surface area contributed by atoms with Crippen molar-refractivity contribution in [1.29, 1.82) is 0 Å². The molecule has 4 aromatic carbocycles. The first-order valence-corrected chi connectivity index (χ1v) is 15.4. The molecule has 6 aliphatic rings. The van der Waals surface area contributed by atoms with Crippen molar-refractivity contribution in [3.05, 3.63) is 128 Å². The van der Waals surface area contributed by atoms with E-state index < -0.39 is 5.91 Å². The monoisotopic (exact) mass is 580 g/mol. The molecule has 0 saturated carbocycles. The number of amidine groups is 4. The van der Waals surface area contributed by atoms with Crippen LogP contribution in [0, 0.1) is 27.7 Å². The van der Waals surface area contributed by atoms with Crippen LogP contribution < -0.4 is 11.0 Å². The van der Waals surface area contributed by atoms with Gasteiger partial charge >= 0.3 is 5.91 Å². The lowest BCUT2D eigenvalue weighted by atomic mass is 10.0. The molecule has 0 saturated heterocycles. The number of benzene rings is 4. The second kappa shape index (κ2) is 6.81. The fraction of sp³-hybridized carbons (Fsp3) is 0.135. The van der Waals surface area contributed by atoms with Gasteiger partial charge in [-0.25, -0.2) is 0 Å². The third kappa shape index (κ3) is 2.22. The molecule has 0 bridgehead atoms. The molecule has 8 heteroatoms. The van der Waals surface area contributed by atoms with E-state index >= 15 is 0 Å². The molecule has 1 atom stereocenters. The van der Waals surface area contributed by atoms with Crippen molar-refractivity contribution in [2.45, 2.75) is 33.6 Å². The normalized spacial score (nSPS) is 20.1. The van der Waals surface area contributed by atoms with E-state index in [2.05, 4.69) is 119 Å². The summed E-state index contributed by atoms with van der Waals surface area (Å²) in [6.07, 6.45) is 0. The van der Waals surface area contributed by atoms with E-state index in [0.29, 0.717) is 0 Å². The Morgan fingerprint density at radius 3 is 1.76 bits per heavy atom. The number of nitrogens with zero attached hydrogens (tertiary/aromatic N) is 8. The third-order valence-electron chi connectivity index (χ3n) is 10.4. The van der Waals surface area contributed by atoms with Gasteiger partial charge in [-0.3, -0.25) is 0 Å². The van der Waals surface area contributed by atoms with Crippen LogP contribution in [-0.2, 0) is 5.91 Å². The van der Waals surface area contributed by atoms with Crippen molar-refractivity contribution in [3.63, 3.8) is 0 Å². The van der Waals surface area contributed by atoms with E-state index in [4.69, 9.17) is 20.0 Å². The highest BCUT2D eigenvalue weighted by Gasteiger charge is 2.69. The summed E-state index contributed by atoms with van der Waals surface area (Å²) in [5.74, 6) is 4.50. The number of hydrogen-bond donors (Lipinski definition) is 0. The van der Waals surface area contributed by atoms with E-state index in [9.17, 15) is 0 Å². The van der Waals surface area contributed by atoms with Crippen molar-refractivity contribution in [2.75, 3.05) is 0 Å². The molecule has 210 valence electrons. The van der Waals surface area contributed by atoms with Crippen LogP contribution >= 0.6 is 0 Å². The maximum atomic E-state index is 5.52. The molecule has 8 heterocycles. The summed E-state index contributed by atoms with van der Waals surface area (Å²) < 4.78 is 9.46. The highest BCUT2D eigenvalue weighted by Crippen LogP contribution is 2.52. The van der Waals surface area contributed by atoms with Gasteiger partial charge in [0.15, 0.2) is 0 Å².